The molecule has 1 aliphatic rings. The van der Waals surface area contributed by atoms with E-state index in [0.29, 0.717) is 5.92 Å². The van der Waals surface area contributed by atoms with Crippen LogP contribution in [0.15, 0.2) is 18.2 Å². The molecule has 0 aliphatic heterocycles. The highest BCUT2D eigenvalue weighted by molar-refractivity contribution is 5.94. The van der Waals surface area contributed by atoms with Gasteiger partial charge in [-0.15, -0.1) is 0 Å². The number of carbonyl (C=O) groups excluding carboxylic acids is 1. The molecular formula is C13H15F2NO. The van der Waals surface area contributed by atoms with Gasteiger partial charge in [-0.05, 0) is 37.3 Å². The van der Waals surface area contributed by atoms with E-state index in [0.717, 1.165) is 37.5 Å². The van der Waals surface area contributed by atoms with E-state index in [1.54, 1.807) is 0 Å². The van der Waals surface area contributed by atoms with Crippen molar-refractivity contribution >= 4 is 5.91 Å². The lowest BCUT2D eigenvalue weighted by Gasteiger charge is -2.12. The molecule has 1 amide bonds. The summed E-state index contributed by atoms with van der Waals surface area (Å²) in [5, 5.41) is 2.81. The van der Waals surface area contributed by atoms with Crippen LogP contribution in [0.5, 0.6) is 0 Å². The Morgan fingerprint density at radius 2 is 1.88 bits per heavy atom. The summed E-state index contributed by atoms with van der Waals surface area (Å²) in [4.78, 5) is 11.8. The summed E-state index contributed by atoms with van der Waals surface area (Å²) < 4.78 is 25.9. The Morgan fingerprint density at radius 1 is 1.24 bits per heavy atom. The van der Waals surface area contributed by atoms with Crippen molar-refractivity contribution in [1.29, 1.82) is 0 Å². The molecule has 0 bridgehead atoms. The number of carbonyl (C=O) groups is 1. The third-order valence-electron chi connectivity index (χ3n) is 3.15. The van der Waals surface area contributed by atoms with Crippen LogP contribution in [0.4, 0.5) is 8.78 Å². The van der Waals surface area contributed by atoms with E-state index >= 15 is 0 Å². The summed E-state index contributed by atoms with van der Waals surface area (Å²) in [6, 6.07) is 2.99. The zero-order chi connectivity index (χ0) is 12.4. The van der Waals surface area contributed by atoms with Gasteiger partial charge in [0.05, 0.1) is 0 Å². The first-order valence-corrected chi connectivity index (χ1v) is 5.81. The molecule has 0 saturated heterocycles. The highest BCUT2D eigenvalue weighted by atomic mass is 19.1. The first kappa shape index (κ1) is 12.0. The average Bonchev–Trinajstić information content (AvgIpc) is 2.62. The molecule has 0 spiro atoms. The summed E-state index contributed by atoms with van der Waals surface area (Å²) in [6.07, 6.45) is 2.96. The normalized spacial score (nSPS) is 23.7. The van der Waals surface area contributed by atoms with E-state index in [1.165, 1.54) is 0 Å². The standard InChI is InChI=1S/C13H15F2NO/c1-8-2-3-12(4-8)16-13(17)9-5-10(14)7-11(15)6-9/h5-8,12H,2-4H2,1H3,(H,16,17). The first-order chi connectivity index (χ1) is 8.04. The zero-order valence-corrected chi connectivity index (χ0v) is 9.67. The number of nitrogens with one attached hydrogen (secondary N) is 1. The molecule has 1 saturated carbocycles. The van der Waals surface area contributed by atoms with Crippen molar-refractivity contribution in [2.45, 2.75) is 32.2 Å². The highest BCUT2D eigenvalue weighted by Crippen LogP contribution is 2.24. The maximum absolute atomic E-state index is 12.9. The van der Waals surface area contributed by atoms with Gasteiger partial charge >= 0.3 is 0 Å². The molecule has 1 fully saturated rings. The van der Waals surface area contributed by atoms with Crippen LogP contribution < -0.4 is 5.32 Å². The smallest absolute Gasteiger partial charge is 0.251 e. The summed E-state index contributed by atoms with van der Waals surface area (Å²) in [7, 11) is 0. The van der Waals surface area contributed by atoms with Gasteiger partial charge < -0.3 is 5.32 Å². The molecule has 2 unspecified atom stereocenters. The Balaban J connectivity index is 2.04. The van der Waals surface area contributed by atoms with E-state index in [2.05, 4.69) is 12.2 Å². The number of amides is 1. The van der Waals surface area contributed by atoms with Crippen molar-refractivity contribution in [3.63, 3.8) is 0 Å². The summed E-state index contributed by atoms with van der Waals surface area (Å²) in [5.41, 5.74) is 0.0436. The predicted molar refractivity (Wildman–Crippen MR) is 60.6 cm³/mol. The minimum Gasteiger partial charge on any atom is -0.349 e. The Labute approximate surface area is 99.0 Å². The van der Waals surface area contributed by atoms with Gasteiger partial charge in [0.15, 0.2) is 0 Å². The fourth-order valence-electron chi connectivity index (χ4n) is 2.29. The van der Waals surface area contributed by atoms with Gasteiger partial charge in [0.2, 0.25) is 0 Å². The van der Waals surface area contributed by atoms with Crippen molar-refractivity contribution in [3.05, 3.63) is 35.4 Å². The van der Waals surface area contributed by atoms with E-state index in [1.807, 2.05) is 0 Å². The third-order valence-corrected chi connectivity index (χ3v) is 3.15. The van der Waals surface area contributed by atoms with Crippen LogP contribution in [-0.4, -0.2) is 11.9 Å². The predicted octanol–water partition coefficient (Wildman–Crippen LogP) is 2.88. The van der Waals surface area contributed by atoms with Crippen molar-refractivity contribution < 1.29 is 13.6 Å². The van der Waals surface area contributed by atoms with Crippen LogP contribution in [-0.2, 0) is 0 Å². The summed E-state index contributed by atoms with van der Waals surface area (Å²) in [6.45, 7) is 2.13. The Morgan fingerprint density at radius 3 is 2.41 bits per heavy atom. The molecule has 0 aromatic heterocycles. The van der Waals surface area contributed by atoms with Gasteiger partial charge in [-0.2, -0.15) is 0 Å². The van der Waals surface area contributed by atoms with Gasteiger partial charge in [0, 0.05) is 17.7 Å². The van der Waals surface area contributed by atoms with Crippen LogP contribution in [0, 0.1) is 17.6 Å². The number of halogens is 2. The van der Waals surface area contributed by atoms with Crippen molar-refractivity contribution in [2.24, 2.45) is 5.92 Å². The van der Waals surface area contributed by atoms with Gasteiger partial charge in [0.1, 0.15) is 11.6 Å². The first-order valence-electron chi connectivity index (χ1n) is 5.81. The van der Waals surface area contributed by atoms with Crippen LogP contribution in [0.1, 0.15) is 36.5 Å². The topological polar surface area (TPSA) is 29.1 Å². The van der Waals surface area contributed by atoms with Crippen LogP contribution in [0.25, 0.3) is 0 Å². The summed E-state index contributed by atoms with van der Waals surface area (Å²) >= 11 is 0. The molecule has 2 atom stereocenters. The van der Waals surface area contributed by atoms with E-state index in [-0.39, 0.29) is 11.6 Å². The molecule has 2 nitrogen and oxygen atoms in total. The lowest BCUT2D eigenvalue weighted by Crippen LogP contribution is -2.33. The van der Waals surface area contributed by atoms with Crippen molar-refractivity contribution in [2.75, 3.05) is 0 Å². The Hall–Kier alpha value is -1.45. The quantitative estimate of drug-likeness (QED) is 0.844. The average molecular weight is 239 g/mol. The van der Waals surface area contributed by atoms with Gasteiger partial charge in [-0.3, -0.25) is 4.79 Å². The molecule has 1 aliphatic carbocycles. The molecule has 4 heteroatoms. The number of benzene rings is 1. The molecule has 1 N–H and O–H groups in total. The Kier molecular flexibility index (Phi) is 3.41. The van der Waals surface area contributed by atoms with Crippen molar-refractivity contribution in [3.8, 4) is 0 Å². The molecule has 0 heterocycles. The van der Waals surface area contributed by atoms with Gasteiger partial charge in [-0.1, -0.05) is 6.92 Å². The third kappa shape index (κ3) is 3.02. The number of hydrogen-bond acceptors (Lipinski definition) is 1. The second-order valence-electron chi connectivity index (χ2n) is 4.75. The summed E-state index contributed by atoms with van der Waals surface area (Å²) in [5.74, 6) is -1.25. The van der Waals surface area contributed by atoms with Crippen molar-refractivity contribution in [1.82, 2.24) is 5.32 Å². The van der Waals surface area contributed by atoms with E-state index in [4.69, 9.17) is 0 Å². The molecular weight excluding hydrogens is 224 g/mol. The molecule has 1 aromatic carbocycles. The largest absolute Gasteiger partial charge is 0.349 e. The second-order valence-corrected chi connectivity index (χ2v) is 4.75. The fraction of sp³-hybridized carbons (Fsp3) is 0.462. The van der Waals surface area contributed by atoms with Crippen LogP contribution >= 0.6 is 0 Å². The maximum atomic E-state index is 12.9. The Bertz CT molecular complexity index is 413. The molecule has 17 heavy (non-hydrogen) atoms. The second kappa shape index (κ2) is 4.82. The lowest BCUT2D eigenvalue weighted by molar-refractivity contribution is 0.0936. The van der Waals surface area contributed by atoms with Crippen LogP contribution in [0.3, 0.4) is 0 Å². The minimum atomic E-state index is -0.727. The lowest BCUT2D eigenvalue weighted by atomic mass is 10.1. The van der Waals surface area contributed by atoms with Gasteiger partial charge in [-0.25, -0.2) is 8.78 Å². The maximum Gasteiger partial charge on any atom is 0.251 e. The molecule has 92 valence electrons. The molecule has 1 aromatic rings. The fourth-order valence-corrected chi connectivity index (χ4v) is 2.29. The number of rotatable bonds is 2. The SMILES string of the molecule is CC1CCC(NC(=O)c2cc(F)cc(F)c2)C1. The highest BCUT2D eigenvalue weighted by Gasteiger charge is 2.23. The van der Waals surface area contributed by atoms with E-state index in [9.17, 15) is 13.6 Å². The molecule has 0 radical (unpaired) electrons. The number of hydrogen-bond donors (Lipinski definition) is 1. The monoisotopic (exact) mass is 239 g/mol. The molecule has 2 rings (SSSR count). The van der Waals surface area contributed by atoms with Gasteiger partial charge in [0.25, 0.3) is 5.91 Å². The minimum absolute atomic E-state index is 0.0436. The van der Waals surface area contributed by atoms with Crippen LogP contribution in [0.2, 0.25) is 0 Å². The zero-order valence-electron chi connectivity index (χ0n) is 9.67. The van der Waals surface area contributed by atoms with E-state index < -0.39 is 17.5 Å².